The van der Waals surface area contributed by atoms with Gasteiger partial charge >= 0.3 is 0 Å². The lowest BCUT2D eigenvalue weighted by Gasteiger charge is -2.35. The monoisotopic (exact) mass is 400 g/mol. The Kier molecular flexibility index (Phi) is 6.07. The Morgan fingerprint density at radius 1 is 1.10 bits per heavy atom. The molecule has 5 heteroatoms. The first-order chi connectivity index (χ1) is 14.6. The Morgan fingerprint density at radius 3 is 2.60 bits per heavy atom. The normalized spacial score (nSPS) is 16.3. The zero-order valence-corrected chi connectivity index (χ0v) is 17.6. The van der Waals surface area contributed by atoms with Gasteiger partial charge in [0.2, 0.25) is 0 Å². The molecule has 1 aliphatic heterocycles. The van der Waals surface area contributed by atoms with Crippen molar-refractivity contribution in [2.75, 3.05) is 11.4 Å². The third-order valence-electron chi connectivity index (χ3n) is 5.69. The van der Waals surface area contributed by atoms with Crippen molar-refractivity contribution in [1.29, 1.82) is 0 Å². The molecule has 0 saturated carbocycles. The molecule has 1 fully saturated rings. The van der Waals surface area contributed by atoms with Gasteiger partial charge in [-0.3, -0.25) is 4.79 Å². The predicted molar refractivity (Wildman–Crippen MR) is 120 cm³/mol. The minimum absolute atomic E-state index is 0.137. The highest BCUT2D eigenvalue weighted by atomic mass is 16.1. The molecule has 3 aromatic rings. The SMILES string of the molecule is Cc1ccc(-c2ncc(C(=O)NCc3ccccc3)c(N3CCCC[C@@H]3C)n2)cc1. The second-order valence-electron chi connectivity index (χ2n) is 8.00. The van der Waals surface area contributed by atoms with Gasteiger partial charge in [0.1, 0.15) is 11.4 Å². The quantitative estimate of drug-likeness (QED) is 0.671. The number of carbonyl (C=O) groups is 1. The molecule has 2 aromatic carbocycles. The summed E-state index contributed by atoms with van der Waals surface area (Å²) < 4.78 is 0. The first-order valence-electron chi connectivity index (χ1n) is 10.6. The number of rotatable bonds is 5. The van der Waals surface area contributed by atoms with Gasteiger partial charge in [-0.1, -0.05) is 60.2 Å². The average Bonchev–Trinajstić information content (AvgIpc) is 2.79. The number of benzene rings is 2. The lowest BCUT2D eigenvalue weighted by Crippen LogP contribution is -2.40. The third kappa shape index (κ3) is 4.51. The fourth-order valence-corrected chi connectivity index (χ4v) is 3.88. The number of carbonyl (C=O) groups excluding carboxylic acids is 1. The molecule has 1 aliphatic rings. The second kappa shape index (κ2) is 9.08. The van der Waals surface area contributed by atoms with Gasteiger partial charge in [-0.2, -0.15) is 0 Å². The Labute approximate surface area is 178 Å². The summed E-state index contributed by atoms with van der Waals surface area (Å²) >= 11 is 0. The lowest BCUT2D eigenvalue weighted by atomic mass is 10.0. The van der Waals surface area contributed by atoms with Crippen LogP contribution in [0.2, 0.25) is 0 Å². The minimum atomic E-state index is -0.137. The number of hydrogen-bond donors (Lipinski definition) is 1. The van der Waals surface area contributed by atoms with Gasteiger partial charge in [0, 0.05) is 30.9 Å². The van der Waals surface area contributed by atoms with Gasteiger partial charge in [-0.15, -0.1) is 0 Å². The third-order valence-corrected chi connectivity index (χ3v) is 5.69. The Hall–Kier alpha value is -3.21. The molecule has 1 N–H and O–H groups in total. The van der Waals surface area contributed by atoms with Crippen LogP contribution in [-0.2, 0) is 6.54 Å². The molecular weight excluding hydrogens is 372 g/mol. The van der Waals surface area contributed by atoms with Crippen LogP contribution >= 0.6 is 0 Å². The molecule has 0 spiro atoms. The number of hydrogen-bond acceptors (Lipinski definition) is 4. The fraction of sp³-hybridized carbons (Fsp3) is 0.320. The van der Waals surface area contributed by atoms with Gasteiger partial charge in [-0.05, 0) is 38.7 Å². The van der Waals surface area contributed by atoms with E-state index in [4.69, 9.17) is 4.98 Å². The van der Waals surface area contributed by atoms with Gasteiger partial charge in [0.25, 0.3) is 5.91 Å². The molecule has 1 atom stereocenters. The van der Waals surface area contributed by atoms with Crippen LogP contribution in [0.15, 0.2) is 60.8 Å². The van der Waals surface area contributed by atoms with Crippen molar-refractivity contribution in [1.82, 2.24) is 15.3 Å². The second-order valence-corrected chi connectivity index (χ2v) is 8.00. The van der Waals surface area contributed by atoms with Crippen molar-refractivity contribution >= 4 is 11.7 Å². The first kappa shape index (κ1) is 20.1. The number of amides is 1. The summed E-state index contributed by atoms with van der Waals surface area (Å²) in [6, 6.07) is 18.5. The van der Waals surface area contributed by atoms with E-state index in [2.05, 4.69) is 41.2 Å². The number of nitrogens with zero attached hydrogens (tertiary/aromatic N) is 3. The molecule has 0 aliphatic carbocycles. The maximum absolute atomic E-state index is 13.1. The molecule has 0 unspecified atom stereocenters. The molecule has 5 nitrogen and oxygen atoms in total. The maximum Gasteiger partial charge on any atom is 0.256 e. The summed E-state index contributed by atoms with van der Waals surface area (Å²) in [6.07, 6.45) is 5.11. The molecule has 0 radical (unpaired) electrons. The fourth-order valence-electron chi connectivity index (χ4n) is 3.88. The Balaban J connectivity index is 1.65. The average molecular weight is 401 g/mol. The van der Waals surface area contributed by atoms with E-state index < -0.39 is 0 Å². The first-order valence-corrected chi connectivity index (χ1v) is 10.6. The van der Waals surface area contributed by atoms with Crippen LogP contribution in [0.5, 0.6) is 0 Å². The topological polar surface area (TPSA) is 58.1 Å². The van der Waals surface area contributed by atoms with Gasteiger partial charge in [-0.25, -0.2) is 9.97 Å². The summed E-state index contributed by atoms with van der Waals surface area (Å²) in [5, 5.41) is 3.03. The van der Waals surface area contributed by atoms with E-state index in [1.54, 1.807) is 6.20 Å². The summed E-state index contributed by atoms with van der Waals surface area (Å²) in [6.45, 7) is 5.66. The summed E-state index contributed by atoms with van der Waals surface area (Å²) in [4.78, 5) is 24.7. The van der Waals surface area contributed by atoms with Crippen molar-refractivity contribution in [2.24, 2.45) is 0 Å². The van der Waals surface area contributed by atoms with Crippen molar-refractivity contribution in [2.45, 2.75) is 45.7 Å². The van der Waals surface area contributed by atoms with Crippen LogP contribution in [0.25, 0.3) is 11.4 Å². The zero-order valence-electron chi connectivity index (χ0n) is 17.6. The van der Waals surface area contributed by atoms with Crippen molar-refractivity contribution in [3.63, 3.8) is 0 Å². The smallest absolute Gasteiger partial charge is 0.256 e. The molecule has 1 aromatic heterocycles. The van der Waals surface area contributed by atoms with Crippen molar-refractivity contribution < 1.29 is 4.79 Å². The van der Waals surface area contributed by atoms with Crippen LogP contribution < -0.4 is 10.2 Å². The zero-order chi connectivity index (χ0) is 20.9. The molecule has 4 rings (SSSR count). The molecule has 0 bridgehead atoms. The molecule has 154 valence electrons. The number of aryl methyl sites for hydroxylation is 1. The van der Waals surface area contributed by atoms with E-state index >= 15 is 0 Å². The Bertz CT molecular complexity index is 1000. The highest BCUT2D eigenvalue weighted by Crippen LogP contribution is 2.28. The van der Waals surface area contributed by atoms with Crippen molar-refractivity contribution in [3.8, 4) is 11.4 Å². The van der Waals surface area contributed by atoms with Crippen LogP contribution in [0.1, 0.15) is 47.7 Å². The van der Waals surface area contributed by atoms with Gasteiger partial charge in [0.05, 0.1) is 0 Å². The number of piperidine rings is 1. The number of aromatic nitrogens is 2. The van der Waals surface area contributed by atoms with Crippen LogP contribution in [0, 0.1) is 6.92 Å². The van der Waals surface area contributed by atoms with E-state index in [9.17, 15) is 4.79 Å². The standard InChI is InChI=1S/C25H28N4O/c1-18-11-13-21(14-12-18)23-26-17-22(24(28-23)29-15-7-6-8-19(29)2)25(30)27-16-20-9-4-3-5-10-20/h3-5,9-14,17,19H,6-8,15-16H2,1-2H3,(H,27,30)/t19-/m0/s1. The van der Waals surface area contributed by atoms with E-state index in [1.165, 1.54) is 12.0 Å². The van der Waals surface area contributed by atoms with Gasteiger partial charge < -0.3 is 10.2 Å². The molecule has 2 heterocycles. The van der Waals surface area contributed by atoms with Gasteiger partial charge in [0.15, 0.2) is 5.82 Å². The van der Waals surface area contributed by atoms with Crippen LogP contribution in [0.3, 0.4) is 0 Å². The Morgan fingerprint density at radius 2 is 1.87 bits per heavy atom. The summed E-state index contributed by atoms with van der Waals surface area (Å²) in [5.74, 6) is 1.25. The molecule has 30 heavy (non-hydrogen) atoms. The van der Waals surface area contributed by atoms with E-state index in [0.29, 0.717) is 24.0 Å². The number of anilines is 1. The van der Waals surface area contributed by atoms with Crippen molar-refractivity contribution in [3.05, 3.63) is 77.5 Å². The summed E-state index contributed by atoms with van der Waals surface area (Å²) in [7, 11) is 0. The lowest BCUT2D eigenvalue weighted by molar-refractivity contribution is 0.0950. The molecular formula is C25H28N4O. The predicted octanol–water partition coefficient (Wildman–Crippen LogP) is 4.76. The van der Waals surface area contributed by atoms with E-state index in [0.717, 1.165) is 36.3 Å². The molecule has 1 saturated heterocycles. The summed E-state index contributed by atoms with van der Waals surface area (Å²) in [5.41, 5.74) is 3.76. The molecule has 1 amide bonds. The van der Waals surface area contributed by atoms with E-state index in [1.807, 2.05) is 42.5 Å². The van der Waals surface area contributed by atoms with Crippen LogP contribution in [0.4, 0.5) is 5.82 Å². The number of nitrogens with one attached hydrogen (secondary N) is 1. The largest absolute Gasteiger partial charge is 0.353 e. The van der Waals surface area contributed by atoms with Crippen LogP contribution in [-0.4, -0.2) is 28.5 Å². The highest BCUT2D eigenvalue weighted by molar-refractivity contribution is 5.99. The minimum Gasteiger partial charge on any atom is -0.353 e. The maximum atomic E-state index is 13.1. The highest BCUT2D eigenvalue weighted by Gasteiger charge is 2.26. The van der Waals surface area contributed by atoms with E-state index in [-0.39, 0.29) is 5.91 Å².